The maximum absolute atomic E-state index is 12.8. The number of nitrogens with zero attached hydrogens (tertiary/aromatic N) is 1. The number of nitrogens with one attached hydrogen (secondary N) is 1. The van der Waals surface area contributed by atoms with Crippen LogP contribution in [0.3, 0.4) is 0 Å². The highest BCUT2D eigenvalue weighted by Crippen LogP contribution is 2.34. The average Bonchev–Trinajstić information content (AvgIpc) is 2.65. The fourth-order valence-corrected chi connectivity index (χ4v) is 4.34. The van der Waals surface area contributed by atoms with Crippen molar-refractivity contribution in [2.24, 2.45) is 0 Å². The van der Waals surface area contributed by atoms with Gasteiger partial charge in [-0.25, -0.2) is 4.39 Å². The summed E-state index contributed by atoms with van der Waals surface area (Å²) in [4.78, 5) is 27.9. The van der Waals surface area contributed by atoms with Crippen molar-refractivity contribution in [3.05, 3.63) is 54.3 Å². The van der Waals surface area contributed by atoms with E-state index in [1.165, 1.54) is 23.9 Å². The van der Waals surface area contributed by atoms with E-state index < -0.39 is 0 Å². The van der Waals surface area contributed by atoms with Gasteiger partial charge in [-0.05, 0) is 48.6 Å². The number of hydrogen-bond acceptors (Lipinski definition) is 4. The lowest BCUT2D eigenvalue weighted by Crippen LogP contribution is -2.43. The number of fused-ring (bicyclic) bond motifs is 1. The Bertz CT molecular complexity index is 783. The summed E-state index contributed by atoms with van der Waals surface area (Å²) < 4.78 is 12.8. The van der Waals surface area contributed by atoms with Gasteiger partial charge in [0.15, 0.2) is 0 Å². The standard InChI is InChI=1S/C19H19FN2O2S2/c20-14-6-8-15(9-7-14)25-11-3-10-21-18(23)12-22-16-4-1-2-5-17(16)26-13-19(22)24/h1-2,4-9H,3,10-13H2,(H,21,23). The SMILES string of the molecule is O=C(CN1C(=O)CSc2ccccc21)NCCCSc1ccc(F)cc1. The van der Waals surface area contributed by atoms with Crippen LogP contribution < -0.4 is 10.2 Å². The second-order valence-electron chi connectivity index (χ2n) is 5.74. The van der Waals surface area contributed by atoms with Crippen LogP contribution in [0.5, 0.6) is 0 Å². The number of para-hydroxylation sites is 1. The molecule has 0 aliphatic carbocycles. The highest BCUT2D eigenvalue weighted by Gasteiger charge is 2.25. The predicted octanol–water partition coefficient (Wildman–Crippen LogP) is 3.56. The third kappa shape index (κ3) is 5.02. The summed E-state index contributed by atoms with van der Waals surface area (Å²) >= 11 is 3.12. The van der Waals surface area contributed by atoms with Crippen LogP contribution >= 0.6 is 23.5 Å². The van der Waals surface area contributed by atoms with E-state index in [0.717, 1.165) is 27.7 Å². The van der Waals surface area contributed by atoms with Gasteiger partial charge in [0.1, 0.15) is 12.4 Å². The molecule has 7 heteroatoms. The molecule has 4 nitrogen and oxygen atoms in total. The van der Waals surface area contributed by atoms with Crippen LogP contribution in [0.25, 0.3) is 0 Å². The van der Waals surface area contributed by atoms with Crippen molar-refractivity contribution in [2.45, 2.75) is 16.2 Å². The summed E-state index contributed by atoms with van der Waals surface area (Å²) in [5.41, 5.74) is 0.802. The molecule has 0 atom stereocenters. The Morgan fingerprint density at radius 3 is 2.77 bits per heavy atom. The Balaban J connectivity index is 1.42. The first-order valence-corrected chi connectivity index (χ1v) is 10.3. The van der Waals surface area contributed by atoms with E-state index in [1.807, 2.05) is 24.3 Å². The molecule has 2 aromatic carbocycles. The van der Waals surface area contributed by atoms with E-state index in [4.69, 9.17) is 0 Å². The highest BCUT2D eigenvalue weighted by molar-refractivity contribution is 8.00. The molecule has 0 saturated heterocycles. The molecule has 26 heavy (non-hydrogen) atoms. The number of rotatable bonds is 7. The van der Waals surface area contributed by atoms with E-state index in [1.54, 1.807) is 28.8 Å². The van der Waals surface area contributed by atoms with Crippen LogP contribution in [0.4, 0.5) is 10.1 Å². The van der Waals surface area contributed by atoms with Crippen LogP contribution in [-0.2, 0) is 9.59 Å². The topological polar surface area (TPSA) is 49.4 Å². The first kappa shape index (κ1) is 18.8. The number of amides is 2. The molecule has 1 aliphatic heterocycles. The zero-order valence-corrected chi connectivity index (χ0v) is 15.7. The fourth-order valence-electron chi connectivity index (χ4n) is 2.55. The zero-order chi connectivity index (χ0) is 18.4. The number of carbonyl (C=O) groups is 2. The highest BCUT2D eigenvalue weighted by atomic mass is 32.2. The van der Waals surface area contributed by atoms with E-state index >= 15 is 0 Å². The lowest BCUT2D eigenvalue weighted by Gasteiger charge is -2.28. The Labute approximate surface area is 160 Å². The summed E-state index contributed by atoms with van der Waals surface area (Å²) in [6.07, 6.45) is 0.800. The van der Waals surface area contributed by atoms with Gasteiger partial charge in [0.25, 0.3) is 0 Å². The van der Waals surface area contributed by atoms with Crippen molar-refractivity contribution in [2.75, 3.05) is 29.5 Å². The number of halogens is 1. The molecule has 1 N–H and O–H groups in total. The van der Waals surface area contributed by atoms with Crippen LogP contribution in [0, 0.1) is 5.82 Å². The van der Waals surface area contributed by atoms with Crippen molar-refractivity contribution >= 4 is 41.0 Å². The Morgan fingerprint density at radius 2 is 1.96 bits per heavy atom. The number of carbonyl (C=O) groups excluding carboxylic acids is 2. The maximum Gasteiger partial charge on any atom is 0.240 e. The summed E-state index contributed by atoms with van der Waals surface area (Å²) in [7, 11) is 0. The smallest absolute Gasteiger partial charge is 0.240 e. The molecule has 1 aliphatic rings. The van der Waals surface area contributed by atoms with Gasteiger partial charge in [-0.1, -0.05) is 12.1 Å². The van der Waals surface area contributed by atoms with Crippen LogP contribution in [0.15, 0.2) is 58.3 Å². The largest absolute Gasteiger partial charge is 0.355 e. The van der Waals surface area contributed by atoms with Gasteiger partial charge >= 0.3 is 0 Å². The molecule has 3 rings (SSSR count). The second-order valence-corrected chi connectivity index (χ2v) is 7.93. The van der Waals surface area contributed by atoms with E-state index in [9.17, 15) is 14.0 Å². The minimum Gasteiger partial charge on any atom is -0.355 e. The van der Waals surface area contributed by atoms with Crippen molar-refractivity contribution in [1.82, 2.24) is 5.32 Å². The number of benzene rings is 2. The minimum absolute atomic E-state index is 0.0432. The molecule has 0 spiro atoms. The Morgan fingerprint density at radius 1 is 1.19 bits per heavy atom. The van der Waals surface area contributed by atoms with Crippen molar-refractivity contribution in [1.29, 1.82) is 0 Å². The first-order chi connectivity index (χ1) is 12.6. The van der Waals surface area contributed by atoms with Crippen molar-refractivity contribution in [3.8, 4) is 0 Å². The summed E-state index contributed by atoms with van der Waals surface area (Å²) in [5, 5.41) is 2.86. The summed E-state index contributed by atoms with van der Waals surface area (Å²) in [5.74, 6) is 0.739. The molecule has 2 amide bonds. The molecule has 0 unspecified atom stereocenters. The molecule has 136 valence electrons. The van der Waals surface area contributed by atoms with Crippen LogP contribution in [-0.4, -0.2) is 36.4 Å². The van der Waals surface area contributed by atoms with E-state index in [-0.39, 0.29) is 24.2 Å². The molecule has 0 fully saturated rings. The van der Waals surface area contributed by atoms with Crippen molar-refractivity contribution < 1.29 is 14.0 Å². The monoisotopic (exact) mass is 390 g/mol. The molecule has 0 bridgehead atoms. The number of thioether (sulfide) groups is 2. The molecule has 1 heterocycles. The summed E-state index contributed by atoms with van der Waals surface area (Å²) in [6, 6.07) is 14.0. The molecule has 0 saturated carbocycles. The summed E-state index contributed by atoms with van der Waals surface area (Å²) in [6.45, 7) is 0.590. The van der Waals surface area contributed by atoms with E-state index in [0.29, 0.717) is 12.3 Å². The molecule has 0 radical (unpaired) electrons. The lowest BCUT2D eigenvalue weighted by atomic mass is 10.2. The molecular weight excluding hydrogens is 371 g/mol. The maximum atomic E-state index is 12.8. The van der Waals surface area contributed by atoms with Crippen molar-refractivity contribution in [3.63, 3.8) is 0 Å². The number of anilines is 1. The first-order valence-electron chi connectivity index (χ1n) is 8.31. The quantitative estimate of drug-likeness (QED) is 0.580. The van der Waals surface area contributed by atoms with Gasteiger partial charge in [0.05, 0.1) is 11.4 Å². The third-order valence-corrected chi connectivity index (χ3v) is 5.98. The van der Waals surface area contributed by atoms with Crippen LogP contribution in [0.1, 0.15) is 6.42 Å². The second kappa shape index (κ2) is 9.09. The van der Waals surface area contributed by atoms with Gasteiger partial charge in [-0.2, -0.15) is 0 Å². The molecule has 0 aromatic heterocycles. The molecule has 2 aromatic rings. The van der Waals surface area contributed by atoms with Gasteiger partial charge in [0.2, 0.25) is 11.8 Å². The average molecular weight is 391 g/mol. The molecular formula is C19H19FN2O2S2. The predicted molar refractivity (Wildman–Crippen MR) is 104 cm³/mol. The Hall–Kier alpha value is -1.99. The van der Waals surface area contributed by atoms with Gasteiger partial charge in [-0.15, -0.1) is 23.5 Å². The fraction of sp³-hybridized carbons (Fsp3) is 0.263. The van der Waals surface area contributed by atoms with Gasteiger partial charge in [0, 0.05) is 16.3 Å². The van der Waals surface area contributed by atoms with Crippen LogP contribution in [0.2, 0.25) is 0 Å². The van der Waals surface area contributed by atoms with Gasteiger partial charge in [-0.3, -0.25) is 9.59 Å². The zero-order valence-electron chi connectivity index (χ0n) is 14.1. The lowest BCUT2D eigenvalue weighted by molar-refractivity contribution is -0.122. The third-order valence-electron chi connectivity index (χ3n) is 3.84. The number of hydrogen-bond donors (Lipinski definition) is 1. The van der Waals surface area contributed by atoms with Gasteiger partial charge < -0.3 is 10.2 Å². The Kier molecular flexibility index (Phi) is 6.57. The normalized spacial score (nSPS) is 13.4. The van der Waals surface area contributed by atoms with E-state index in [2.05, 4.69) is 5.32 Å². The minimum atomic E-state index is -0.242.